The molecular weight excluding hydrogens is 330 g/mol. The molecule has 2 aromatic rings. The first-order valence-electron chi connectivity index (χ1n) is 7.26. The first-order chi connectivity index (χ1) is 10.2. The Morgan fingerprint density at radius 2 is 2.29 bits per heavy atom. The fourth-order valence-electron chi connectivity index (χ4n) is 2.26. The number of hydrogen-bond donors (Lipinski definition) is 2. The maximum atomic E-state index is 12.2. The molecule has 0 saturated heterocycles. The van der Waals surface area contributed by atoms with Crippen molar-refractivity contribution >= 4 is 21.8 Å². The van der Waals surface area contributed by atoms with Crippen molar-refractivity contribution in [2.75, 3.05) is 0 Å². The van der Waals surface area contributed by atoms with E-state index < -0.39 is 0 Å². The largest absolute Gasteiger partial charge is 0.345 e. The summed E-state index contributed by atoms with van der Waals surface area (Å²) >= 11 is 3.49. The molecule has 0 unspecified atom stereocenters. The summed E-state index contributed by atoms with van der Waals surface area (Å²) in [5.41, 5.74) is 1.68. The molecule has 1 aromatic heterocycles. The van der Waals surface area contributed by atoms with Crippen LogP contribution in [0.25, 0.3) is 0 Å². The van der Waals surface area contributed by atoms with E-state index in [0.29, 0.717) is 5.56 Å². The first-order valence-corrected chi connectivity index (χ1v) is 8.05. The van der Waals surface area contributed by atoms with Crippen molar-refractivity contribution in [1.29, 1.82) is 0 Å². The van der Waals surface area contributed by atoms with Gasteiger partial charge in [0.15, 0.2) is 0 Å². The Kier molecular flexibility index (Phi) is 5.99. The monoisotopic (exact) mass is 349 g/mol. The van der Waals surface area contributed by atoms with E-state index in [2.05, 4.69) is 50.5 Å². The van der Waals surface area contributed by atoms with E-state index in [1.54, 1.807) is 12.4 Å². The molecule has 0 fully saturated rings. The number of nitrogens with one attached hydrogen (secondary N) is 2. The number of amides is 1. The number of carbonyl (C=O) groups is 1. The lowest BCUT2D eigenvalue weighted by molar-refractivity contribution is 0.0934. The molecule has 2 rings (SSSR count). The number of carbonyl (C=O) groups excluding carboxylic acids is 1. The highest BCUT2D eigenvalue weighted by Crippen LogP contribution is 2.23. The van der Waals surface area contributed by atoms with Gasteiger partial charge in [-0.25, -0.2) is 0 Å². The second kappa shape index (κ2) is 7.98. The van der Waals surface area contributed by atoms with Crippen LogP contribution in [0.15, 0.2) is 41.1 Å². The molecule has 1 atom stereocenters. The zero-order chi connectivity index (χ0) is 15.1. The van der Waals surface area contributed by atoms with Crippen molar-refractivity contribution in [1.82, 2.24) is 15.5 Å². The molecule has 0 saturated carbocycles. The highest BCUT2D eigenvalue weighted by atomic mass is 79.9. The van der Waals surface area contributed by atoms with Crippen LogP contribution in [0.5, 0.6) is 0 Å². The quantitative estimate of drug-likeness (QED) is 0.735. The van der Waals surface area contributed by atoms with Crippen LogP contribution in [0, 0.1) is 0 Å². The molecule has 1 aromatic carbocycles. The van der Waals surface area contributed by atoms with Gasteiger partial charge in [0.1, 0.15) is 0 Å². The number of aromatic nitrogens is 2. The molecule has 0 spiro atoms. The lowest BCUT2D eigenvalue weighted by Gasteiger charge is -2.19. The van der Waals surface area contributed by atoms with Crippen molar-refractivity contribution in [3.05, 3.63) is 52.3 Å². The Morgan fingerprint density at radius 3 is 2.95 bits per heavy atom. The smallest absolute Gasteiger partial charge is 0.254 e. The van der Waals surface area contributed by atoms with Crippen LogP contribution in [-0.4, -0.2) is 16.1 Å². The van der Waals surface area contributed by atoms with Gasteiger partial charge in [-0.2, -0.15) is 5.10 Å². The van der Waals surface area contributed by atoms with Gasteiger partial charge in [0.25, 0.3) is 5.91 Å². The molecule has 5 heteroatoms. The van der Waals surface area contributed by atoms with Crippen LogP contribution in [0.3, 0.4) is 0 Å². The maximum absolute atomic E-state index is 12.2. The summed E-state index contributed by atoms with van der Waals surface area (Å²) in [7, 11) is 0. The van der Waals surface area contributed by atoms with Gasteiger partial charge in [0.05, 0.1) is 17.8 Å². The van der Waals surface area contributed by atoms with Crippen molar-refractivity contribution in [2.45, 2.75) is 38.6 Å². The van der Waals surface area contributed by atoms with Crippen LogP contribution >= 0.6 is 15.9 Å². The fraction of sp³-hybridized carbons (Fsp3) is 0.375. The maximum Gasteiger partial charge on any atom is 0.254 e. The Hall–Kier alpha value is -1.62. The van der Waals surface area contributed by atoms with Crippen LogP contribution in [0.4, 0.5) is 0 Å². The molecule has 4 nitrogen and oxygen atoms in total. The number of halogens is 1. The van der Waals surface area contributed by atoms with Gasteiger partial charge in [-0.15, -0.1) is 0 Å². The van der Waals surface area contributed by atoms with Crippen molar-refractivity contribution < 1.29 is 4.79 Å². The summed E-state index contributed by atoms with van der Waals surface area (Å²) in [6, 6.07) is 8.13. The molecule has 112 valence electrons. The SMILES string of the molecule is CCCCC[C@H](NC(=O)c1cn[nH]c1)c1cccc(Br)c1. The number of rotatable bonds is 7. The molecule has 21 heavy (non-hydrogen) atoms. The predicted molar refractivity (Wildman–Crippen MR) is 87.1 cm³/mol. The Balaban J connectivity index is 2.10. The Labute approximate surface area is 133 Å². The van der Waals surface area contributed by atoms with E-state index >= 15 is 0 Å². The van der Waals surface area contributed by atoms with Gasteiger partial charge in [-0.05, 0) is 24.1 Å². The third-order valence-corrected chi connectivity index (χ3v) is 3.91. The van der Waals surface area contributed by atoms with Gasteiger partial charge in [0.2, 0.25) is 0 Å². The van der Waals surface area contributed by atoms with E-state index in [-0.39, 0.29) is 11.9 Å². The second-order valence-electron chi connectivity index (χ2n) is 5.06. The standard InChI is InChI=1S/C16H20BrN3O/c1-2-3-4-8-15(12-6-5-7-14(17)9-12)20-16(21)13-10-18-19-11-13/h5-7,9-11,15H,2-4,8H2,1H3,(H,18,19)(H,20,21)/t15-/m0/s1. The third kappa shape index (κ3) is 4.70. The lowest BCUT2D eigenvalue weighted by atomic mass is 10.00. The molecule has 0 aliphatic heterocycles. The molecule has 1 heterocycles. The highest BCUT2D eigenvalue weighted by molar-refractivity contribution is 9.10. The summed E-state index contributed by atoms with van der Waals surface area (Å²) in [5.74, 6) is -0.0924. The predicted octanol–water partition coefficient (Wildman–Crippen LogP) is 4.22. The van der Waals surface area contributed by atoms with Crippen molar-refractivity contribution in [3.63, 3.8) is 0 Å². The number of aromatic amines is 1. The average molecular weight is 350 g/mol. The zero-order valence-corrected chi connectivity index (χ0v) is 13.7. The Morgan fingerprint density at radius 1 is 1.43 bits per heavy atom. The molecule has 1 amide bonds. The summed E-state index contributed by atoms with van der Waals surface area (Å²) in [6.45, 7) is 2.18. The normalized spacial score (nSPS) is 12.1. The highest BCUT2D eigenvalue weighted by Gasteiger charge is 2.16. The van der Waals surface area contributed by atoms with E-state index in [1.165, 1.54) is 12.8 Å². The molecule has 0 radical (unpaired) electrons. The lowest BCUT2D eigenvalue weighted by Crippen LogP contribution is -2.28. The third-order valence-electron chi connectivity index (χ3n) is 3.41. The second-order valence-corrected chi connectivity index (χ2v) is 5.98. The molecule has 0 aliphatic carbocycles. The van der Waals surface area contributed by atoms with Crippen LogP contribution in [0.2, 0.25) is 0 Å². The summed E-state index contributed by atoms with van der Waals surface area (Å²) in [4.78, 5) is 12.2. The zero-order valence-electron chi connectivity index (χ0n) is 12.1. The van der Waals surface area contributed by atoms with E-state index in [0.717, 1.165) is 22.9 Å². The van der Waals surface area contributed by atoms with Gasteiger partial charge in [-0.3, -0.25) is 9.89 Å². The minimum atomic E-state index is -0.0924. The first kappa shape index (κ1) is 15.8. The number of H-pyrrole nitrogens is 1. The molecule has 2 N–H and O–H groups in total. The van der Waals surface area contributed by atoms with E-state index in [1.807, 2.05) is 12.1 Å². The molecule has 0 bridgehead atoms. The average Bonchev–Trinajstić information content (AvgIpc) is 3.00. The Bertz CT molecular complexity index is 569. The van der Waals surface area contributed by atoms with Crippen LogP contribution < -0.4 is 5.32 Å². The molecule has 0 aliphatic rings. The van der Waals surface area contributed by atoms with Crippen LogP contribution in [0.1, 0.15) is 54.6 Å². The molecular formula is C16H20BrN3O. The van der Waals surface area contributed by atoms with Gasteiger partial charge in [-0.1, -0.05) is 54.2 Å². The van der Waals surface area contributed by atoms with Gasteiger partial charge >= 0.3 is 0 Å². The number of unbranched alkanes of at least 4 members (excludes halogenated alkanes) is 2. The van der Waals surface area contributed by atoms with Crippen molar-refractivity contribution in [2.24, 2.45) is 0 Å². The topological polar surface area (TPSA) is 57.8 Å². The van der Waals surface area contributed by atoms with Crippen LogP contribution in [-0.2, 0) is 0 Å². The van der Waals surface area contributed by atoms with E-state index in [4.69, 9.17) is 0 Å². The number of nitrogens with zero attached hydrogens (tertiary/aromatic N) is 1. The van der Waals surface area contributed by atoms with Gasteiger partial charge < -0.3 is 5.32 Å². The fourth-order valence-corrected chi connectivity index (χ4v) is 2.68. The van der Waals surface area contributed by atoms with Gasteiger partial charge in [0, 0.05) is 10.7 Å². The van der Waals surface area contributed by atoms with Crippen molar-refractivity contribution in [3.8, 4) is 0 Å². The van der Waals surface area contributed by atoms with E-state index in [9.17, 15) is 4.79 Å². The number of benzene rings is 1. The minimum absolute atomic E-state index is 0.0245. The minimum Gasteiger partial charge on any atom is -0.345 e. The summed E-state index contributed by atoms with van der Waals surface area (Å²) < 4.78 is 1.03. The number of hydrogen-bond acceptors (Lipinski definition) is 2. The summed E-state index contributed by atoms with van der Waals surface area (Å²) in [5, 5.41) is 9.59. The summed E-state index contributed by atoms with van der Waals surface area (Å²) in [6.07, 6.45) is 7.53.